The number of halogens is 2. The second kappa shape index (κ2) is 4.56. The maximum absolute atomic E-state index is 13.8. The predicted octanol–water partition coefficient (Wildman–Crippen LogP) is 4.25. The van der Waals surface area contributed by atoms with Crippen molar-refractivity contribution in [2.24, 2.45) is 0 Å². The molecular weight excluding hydrogens is 262 g/mol. The Balaban J connectivity index is 2.10. The molecule has 2 nitrogen and oxygen atoms in total. The Hall–Kier alpha value is -2.49. The molecule has 0 fully saturated rings. The van der Waals surface area contributed by atoms with E-state index in [1.165, 1.54) is 30.3 Å². The fourth-order valence-electron chi connectivity index (χ4n) is 2.08. The average Bonchev–Trinajstić information content (AvgIpc) is 2.83. The molecule has 0 atom stereocenters. The third kappa shape index (κ3) is 1.99. The lowest BCUT2D eigenvalue weighted by Gasteiger charge is -2.00. The van der Waals surface area contributed by atoms with Gasteiger partial charge >= 0.3 is 0 Å². The predicted molar refractivity (Wildman–Crippen MR) is 70.7 cm³/mol. The molecule has 0 aliphatic carbocycles. The van der Waals surface area contributed by atoms with Gasteiger partial charge in [-0.25, -0.2) is 8.78 Å². The van der Waals surface area contributed by atoms with E-state index < -0.39 is 17.4 Å². The van der Waals surface area contributed by atoms with Crippen LogP contribution in [-0.2, 0) is 0 Å². The van der Waals surface area contributed by atoms with E-state index in [1.807, 2.05) is 0 Å². The Morgan fingerprint density at radius 1 is 1.05 bits per heavy atom. The Morgan fingerprint density at radius 3 is 2.55 bits per heavy atom. The van der Waals surface area contributed by atoms with Crippen LogP contribution in [0.2, 0.25) is 0 Å². The zero-order valence-corrected chi connectivity index (χ0v) is 10.6. The first-order chi connectivity index (χ1) is 9.56. The van der Waals surface area contributed by atoms with Gasteiger partial charge in [-0.05, 0) is 36.8 Å². The molecule has 0 N–H and O–H groups in total. The van der Waals surface area contributed by atoms with E-state index in [0.717, 1.165) is 5.56 Å². The van der Waals surface area contributed by atoms with Gasteiger partial charge in [-0.1, -0.05) is 18.2 Å². The molecule has 3 aromatic rings. The van der Waals surface area contributed by atoms with Gasteiger partial charge in [0.25, 0.3) is 0 Å². The molecule has 0 aliphatic rings. The number of carbonyl (C=O) groups is 1. The molecule has 0 radical (unpaired) electrons. The Labute approximate surface area is 113 Å². The van der Waals surface area contributed by atoms with Crippen LogP contribution in [0.5, 0.6) is 0 Å². The smallest absolute Gasteiger partial charge is 0.231 e. The van der Waals surface area contributed by atoms with E-state index in [2.05, 4.69) is 0 Å². The number of ketones is 1. The van der Waals surface area contributed by atoms with Crippen molar-refractivity contribution in [2.75, 3.05) is 0 Å². The summed E-state index contributed by atoms with van der Waals surface area (Å²) in [5.41, 5.74) is 0.633. The number of furan rings is 1. The van der Waals surface area contributed by atoms with Crippen LogP contribution in [0.4, 0.5) is 8.78 Å². The molecule has 0 bridgehead atoms. The van der Waals surface area contributed by atoms with Crippen LogP contribution in [0.25, 0.3) is 11.0 Å². The minimum Gasteiger partial charge on any atom is -0.449 e. The Morgan fingerprint density at radius 2 is 1.85 bits per heavy atom. The first-order valence-electron chi connectivity index (χ1n) is 6.05. The molecule has 100 valence electrons. The molecule has 0 amide bonds. The van der Waals surface area contributed by atoms with Gasteiger partial charge in [0.2, 0.25) is 5.78 Å². The van der Waals surface area contributed by atoms with E-state index in [0.29, 0.717) is 5.39 Å². The van der Waals surface area contributed by atoms with Crippen LogP contribution in [0, 0.1) is 18.6 Å². The number of benzene rings is 2. The van der Waals surface area contributed by atoms with Crippen LogP contribution in [0.15, 0.2) is 46.9 Å². The van der Waals surface area contributed by atoms with Crippen LogP contribution in [-0.4, -0.2) is 5.78 Å². The number of hydrogen-bond acceptors (Lipinski definition) is 2. The minimum absolute atomic E-state index is 0.00312. The zero-order valence-electron chi connectivity index (χ0n) is 10.6. The van der Waals surface area contributed by atoms with E-state index >= 15 is 0 Å². The van der Waals surface area contributed by atoms with Gasteiger partial charge in [-0.15, -0.1) is 0 Å². The molecular formula is C16H10F2O2. The molecule has 0 saturated heterocycles. The highest BCUT2D eigenvalue weighted by molar-refractivity contribution is 6.09. The maximum atomic E-state index is 13.8. The molecule has 0 saturated carbocycles. The third-order valence-corrected chi connectivity index (χ3v) is 3.09. The lowest BCUT2D eigenvalue weighted by molar-refractivity contribution is 0.101. The van der Waals surface area contributed by atoms with Crippen LogP contribution in [0.3, 0.4) is 0 Å². The highest BCUT2D eigenvalue weighted by Crippen LogP contribution is 2.24. The SMILES string of the molecule is Cc1ccc(C(=O)c2cc3cccc(F)c3o2)c(F)c1. The van der Waals surface area contributed by atoms with Crippen LogP contribution < -0.4 is 0 Å². The summed E-state index contributed by atoms with van der Waals surface area (Å²) >= 11 is 0. The van der Waals surface area contributed by atoms with Crippen molar-refractivity contribution >= 4 is 16.8 Å². The van der Waals surface area contributed by atoms with Crippen molar-refractivity contribution in [3.8, 4) is 0 Å². The fourth-order valence-corrected chi connectivity index (χ4v) is 2.08. The van der Waals surface area contributed by atoms with E-state index in [1.54, 1.807) is 19.1 Å². The van der Waals surface area contributed by atoms with Gasteiger partial charge in [0.15, 0.2) is 17.2 Å². The lowest BCUT2D eigenvalue weighted by Crippen LogP contribution is -2.03. The van der Waals surface area contributed by atoms with Crippen LogP contribution in [0.1, 0.15) is 21.7 Å². The van der Waals surface area contributed by atoms with Gasteiger partial charge in [0.05, 0.1) is 5.56 Å². The van der Waals surface area contributed by atoms with Gasteiger partial charge in [0, 0.05) is 5.39 Å². The number of fused-ring (bicyclic) bond motifs is 1. The maximum Gasteiger partial charge on any atom is 0.231 e. The molecule has 1 heterocycles. The molecule has 2 aromatic carbocycles. The summed E-state index contributed by atoms with van der Waals surface area (Å²) in [5.74, 6) is -1.84. The summed E-state index contributed by atoms with van der Waals surface area (Å²) in [5, 5.41) is 0.473. The van der Waals surface area contributed by atoms with Crippen molar-refractivity contribution in [1.82, 2.24) is 0 Å². The lowest BCUT2D eigenvalue weighted by atomic mass is 10.1. The molecule has 4 heteroatoms. The average molecular weight is 272 g/mol. The molecule has 0 unspecified atom stereocenters. The first kappa shape index (κ1) is 12.5. The van der Waals surface area contributed by atoms with Crippen molar-refractivity contribution in [3.05, 3.63) is 71.0 Å². The number of rotatable bonds is 2. The standard InChI is InChI=1S/C16H10F2O2/c1-9-5-6-11(13(18)7-9)15(19)14-8-10-3-2-4-12(17)16(10)20-14/h2-8H,1H3. The van der Waals surface area contributed by atoms with Crippen molar-refractivity contribution < 1.29 is 18.0 Å². The second-order valence-electron chi connectivity index (χ2n) is 4.58. The van der Waals surface area contributed by atoms with Gasteiger partial charge in [-0.3, -0.25) is 4.79 Å². The monoisotopic (exact) mass is 272 g/mol. The summed E-state index contributed by atoms with van der Waals surface area (Å²) in [7, 11) is 0. The van der Waals surface area contributed by atoms with Crippen molar-refractivity contribution in [2.45, 2.75) is 6.92 Å². The summed E-state index contributed by atoms with van der Waals surface area (Å²) < 4.78 is 32.5. The number of carbonyl (C=O) groups excluding carboxylic acids is 1. The normalized spacial score (nSPS) is 10.9. The van der Waals surface area contributed by atoms with E-state index in [4.69, 9.17) is 4.42 Å². The summed E-state index contributed by atoms with van der Waals surface area (Å²) in [4.78, 5) is 12.2. The van der Waals surface area contributed by atoms with E-state index in [-0.39, 0.29) is 16.9 Å². The van der Waals surface area contributed by atoms with Crippen molar-refractivity contribution in [3.63, 3.8) is 0 Å². The number of hydrogen-bond donors (Lipinski definition) is 0. The fraction of sp³-hybridized carbons (Fsp3) is 0.0625. The summed E-state index contributed by atoms with van der Waals surface area (Å²) in [6.07, 6.45) is 0. The quantitative estimate of drug-likeness (QED) is 0.653. The Kier molecular flexibility index (Phi) is 2.86. The molecule has 20 heavy (non-hydrogen) atoms. The van der Waals surface area contributed by atoms with Crippen LogP contribution >= 0.6 is 0 Å². The first-order valence-corrected chi connectivity index (χ1v) is 6.05. The molecule has 3 rings (SSSR count). The number of aryl methyl sites for hydroxylation is 1. The highest BCUT2D eigenvalue weighted by Gasteiger charge is 2.19. The molecule has 1 aromatic heterocycles. The third-order valence-electron chi connectivity index (χ3n) is 3.09. The van der Waals surface area contributed by atoms with E-state index in [9.17, 15) is 13.6 Å². The summed E-state index contributed by atoms with van der Waals surface area (Å²) in [6.45, 7) is 1.73. The minimum atomic E-state index is -0.615. The largest absolute Gasteiger partial charge is 0.449 e. The van der Waals surface area contributed by atoms with Gasteiger partial charge in [-0.2, -0.15) is 0 Å². The van der Waals surface area contributed by atoms with Crippen molar-refractivity contribution in [1.29, 1.82) is 0 Å². The van der Waals surface area contributed by atoms with Gasteiger partial charge < -0.3 is 4.42 Å². The summed E-state index contributed by atoms with van der Waals surface area (Å²) in [6, 6.07) is 10.1. The van der Waals surface area contributed by atoms with Gasteiger partial charge in [0.1, 0.15) is 5.82 Å². The zero-order chi connectivity index (χ0) is 14.3. The molecule has 0 aliphatic heterocycles. The Bertz CT molecular complexity index is 818. The topological polar surface area (TPSA) is 30.2 Å². The highest BCUT2D eigenvalue weighted by atomic mass is 19.1. The number of para-hydroxylation sites is 1. The molecule has 0 spiro atoms. The second-order valence-corrected chi connectivity index (χ2v) is 4.58.